The van der Waals surface area contributed by atoms with Crippen molar-refractivity contribution < 1.29 is 22.5 Å². The van der Waals surface area contributed by atoms with Gasteiger partial charge in [0.25, 0.3) is 0 Å². The molecule has 2 aromatic rings. The molecule has 37 heavy (non-hydrogen) atoms. The number of aryl methyl sites for hydroxylation is 2. The molecule has 1 amide bonds. The second-order valence-electron chi connectivity index (χ2n) is 9.90. The van der Waals surface area contributed by atoms with Gasteiger partial charge in [0.15, 0.2) is 5.82 Å². The number of benzene rings is 1. The minimum atomic E-state index is -3.82. The van der Waals surface area contributed by atoms with Gasteiger partial charge in [0.1, 0.15) is 5.75 Å². The molecule has 2 saturated heterocycles. The highest BCUT2D eigenvalue weighted by atomic mass is 32.2. The lowest BCUT2D eigenvalue weighted by Gasteiger charge is -2.34. The maximum Gasteiger partial charge on any atom is 0.316 e. The molecular formula is C25H38N6O5S. The Labute approximate surface area is 219 Å². The third-order valence-electron chi connectivity index (χ3n) is 7.16. The molecule has 0 radical (unpaired) electrons. The predicted molar refractivity (Wildman–Crippen MR) is 138 cm³/mol. The van der Waals surface area contributed by atoms with Gasteiger partial charge in [0, 0.05) is 33.2 Å². The smallest absolute Gasteiger partial charge is 0.316 e. The van der Waals surface area contributed by atoms with Crippen LogP contribution in [0.4, 0.5) is 0 Å². The Balaban J connectivity index is 1.30. The van der Waals surface area contributed by atoms with Gasteiger partial charge in [0.05, 0.1) is 18.6 Å². The van der Waals surface area contributed by atoms with Crippen LogP contribution >= 0.6 is 0 Å². The third-order valence-corrected chi connectivity index (χ3v) is 9.27. The number of aromatic nitrogens is 2. The molecule has 12 heteroatoms. The number of carbonyl (C=O) groups is 1. The zero-order valence-electron chi connectivity index (χ0n) is 22.3. The molecule has 0 saturated carbocycles. The molecule has 204 valence electrons. The normalized spacial score (nSPS) is 17.6. The third kappa shape index (κ3) is 6.49. The number of rotatable bonds is 10. The van der Waals surface area contributed by atoms with E-state index in [1.54, 1.807) is 38.0 Å². The summed E-state index contributed by atoms with van der Waals surface area (Å²) in [6.07, 6.45) is 3.77. The number of hydrogen-bond acceptors (Lipinski definition) is 9. The van der Waals surface area contributed by atoms with Crippen LogP contribution in [-0.2, 0) is 16.6 Å². The summed E-state index contributed by atoms with van der Waals surface area (Å²) in [5.74, 6) is 0.308. The van der Waals surface area contributed by atoms with E-state index in [-0.39, 0.29) is 29.1 Å². The van der Waals surface area contributed by atoms with E-state index in [0.717, 1.165) is 36.9 Å². The first-order chi connectivity index (χ1) is 17.7. The molecule has 2 fully saturated rings. The molecule has 0 spiro atoms. The summed E-state index contributed by atoms with van der Waals surface area (Å²) < 4.78 is 38.1. The molecule has 0 bridgehead atoms. The van der Waals surface area contributed by atoms with Crippen LogP contribution in [0, 0.1) is 13.8 Å². The van der Waals surface area contributed by atoms with Crippen LogP contribution in [-0.4, -0.2) is 110 Å². The summed E-state index contributed by atoms with van der Waals surface area (Å²) in [6, 6.07) is 3.37. The van der Waals surface area contributed by atoms with E-state index < -0.39 is 10.0 Å². The highest BCUT2D eigenvalue weighted by Gasteiger charge is 2.29. The zero-order valence-corrected chi connectivity index (χ0v) is 23.1. The number of methoxy groups -OCH3 is 1. The van der Waals surface area contributed by atoms with Gasteiger partial charge < -0.3 is 19.1 Å². The number of sulfonamides is 1. The SMILES string of the molecule is COc1cc(C)c(S(=O)(=O)N(C)Cc2noc(C(=O)N3CCN(CCCN4CCCC4)CC3)n2)c(C)c1. The Hall–Kier alpha value is -2.54. The average Bonchev–Trinajstić information content (AvgIpc) is 3.56. The van der Waals surface area contributed by atoms with E-state index in [2.05, 4.69) is 19.9 Å². The van der Waals surface area contributed by atoms with Crippen LogP contribution < -0.4 is 4.74 Å². The molecule has 0 N–H and O–H groups in total. The van der Waals surface area contributed by atoms with Crippen molar-refractivity contribution in [1.82, 2.24) is 29.1 Å². The van der Waals surface area contributed by atoms with Crippen molar-refractivity contribution >= 4 is 15.9 Å². The van der Waals surface area contributed by atoms with Crippen molar-refractivity contribution in [3.8, 4) is 5.75 Å². The Morgan fingerprint density at radius 2 is 1.62 bits per heavy atom. The number of carbonyl (C=O) groups excluding carboxylic acids is 1. The van der Waals surface area contributed by atoms with Crippen LogP contribution in [0.5, 0.6) is 5.75 Å². The molecule has 2 aliphatic heterocycles. The van der Waals surface area contributed by atoms with E-state index in [0.29, 0.717) is 30.0 Å². The number of hydrogen-bond donors (Lipinski definition) is 0. The standard InChI is InChI=1S/C25H38N6O5S/c1-19-16-21(35-4)17-20(2)23(19)37(33,34)28(3)18-22-26-24(36-27-22)25(32)31-14-12-30(13-15-31)11-7-10-29-8-5-6-9-29/h16-17H,5-15,18H2,1-4H3. The number of piperazine rings is 1. The molecule has 1 aromatic heterocycles. The Kier molecular flexibility index (Phi) is 8.83. The summed E-state index contributed by atoms with van der Waals surface area (Å²) in [5.41, 5.74) is 1.17. The molecule has 3 heterocycles. The first kappa shape index (κ1) is 27.5. The largest absolute Gasteiger partial charge is 0.497 e. The molecule has 1 aromatic carbocycles. The molecule has 4 rings (SSSR count). The van der Waals surface area contributed by atoms with Crippen molar-refractivity contribution in [2.75, 3.05) is 66.5 Å². The lowest BCUT2D eigenvalue weighted by atomic mass is 10.1. The van der Waals surface area contributed by atoms with Crippen LogP contribution in [0.3, 0.4) is 0 Å². The number of ether oxygens (including phenoxy) is 1. The van der Waals surface area contributed by atoms with E-state index in [4.69, 9.17) is 9.26 Å². The highest BCUT2D eigenvalue weighted by Crippen LogP contribution is 2.28. The van der Waals surface area contributed by atoms with Gasteiger partial charge in [-0.05, 0) is 82.5 Å². The topological polar surface area (TPSA) is 112 Å². The Morgan fingerprint density at radius 3 is 2.22 bits per heavy atom. The van der Waals surface area contributed by atoms with Crippen molar-refractivity contribution in [2.45, 2.75) is 44.6 Å². The first-order valence-electron chi connectivity index (χ1n) is 12.9. The molecule has 0 unspecified atom stereocenters. The van der Waals surface area contributed by atoms with E-state index in [9.17, 15) is 13.2 Å². The summed E-state index contributed by atoms with van der Waals surface area (Å²) in [5, 5.41) is 3.87. The highest BCUT2D eigenvalue weighted by molar-refractivity contribution is 7.89. The fourth-order valence-corrected chi connectivity index (χ4v) is 6.64. The summed E-state index contributed by atoms with van der Waals surface area (Å²) in [7, 11) is -0.823. The lowest BCUT2D eigenvalue weighted by molar-refractivity contribution is 0.0585. The summed E-state index contributed by atoms with van der Waals surface area (Å²) in [4.78, 5) is 24.0. The van der Waals surface area contributed by atoms with Gasteiger partial charge >= 0.3 is 11.8 Å². The Bertz CT molecular complexity index is 1160. The van der Waals surface area contributed by atoms with E-state index in [1.807, 2.05) is 0 Å². The van der Waals surface area contributed by atoms with Crippen molar-refractivity contribution in [1.29, 1.82) is 0 Å². The quantitative estimate of drug-likeness (QED) is 0.450. The molecule has 0 aliphatic carbocycles. The minimum absolute atomic E-state index is 0.111. The van der Waals surface area contributed by atoms with Gasteiger partial charge in [-0.2, -0.15) is 9.29 Å². The second-order valence-corrected chi connectivity index (χ2v) is 11.9. The van der Waals surface area contributed by atoms with Crippen molar-refractivity contribution in [3.63, 3.8) is 0 Å². The zero-order chi connectivity index (χ0) is 26.6. The van der Waals surface area contributed by atoms with Crippen molar-refractivity contribution in [2.24, 2.45) is 0 Å². The minimum Gasteiger partial charge on any atom is -0.497 e. The van der Waals surface area contributed by atoms with Crippen LogP contribution in [0.15, 0.2) is 21.6 Å². The van der Waals surface area contributed by atoms with Crippen LogP contribution in [0.25, 0.3) is 0 Å². The van der Waals surface area contributed by atoms with Gasteiger partial charge in [-0.15, -0.1) is 0 Å². The number of likely N-dealkylation sites (tertiary alicyclic amines) is 1. The maximum atomic E-state index is 13.3. The fourth-order valence-electron chi connectivity index (χ4n) is 5.11. The van der Waals surface area contributed by atoms with Crippen LogP contribution in [0.1, 0.15) is 46.9 Å². The van der Waals surface area contributed by atoms with Gasteiger partial charge in [-0.1, -0.05) is 5.16 Å². The van der Waals surface area contributed by atoms with E-state index >= 15 is 0 Å². The van der Waals surface area contributed by atoms with Gasteiger partial charge in [0.2, 0.25) is 10.0 Å². The molecule has 2 aliphatic rings. The Morgan fingerprint density at radius 1 is 1.03 bits per heavy atom. The summed E-state index contributed by atoms with van der Waals surface area (Å²) >= 11 is 0. The van der Waals surface area contributed by atoms with E-state index in [1.165, 1.54) is 33.0 Å². The maximum absolute atomic E-state index is 13.3. The molecular weight excluding hydrogens is 496 g/mol. The lowest BCUT2D eigenvalue weighted by Crippen LogP contribution is -2.49. The predicted octanol–water partition coefficient (Wildman–Crippen LogP) is 1.76. The first-order valence-corrected chi connectivity index (χ1v) is 14.3. The summed E-state index contributed by atoms with van der Waals surface area (Å²) in [6.45, 7) is 10.8. The second kappa shape index (κ2) is 11.9. The van der Waals surface area contributed by atoms with Gasteiger partial charge in [-0.25, -0.2) is 8.42 Å². The number of nitrogens with zero attached hydrogens (tertiary/aromatic N) is 6. The monoisotopic (exact) mass is 534 g/mol. The van der Waals surface area contributed by atoms with Crippen LogP contribution in [0.2, 0.25) is 0 Å². The molecule has 0 atom stereocenters. The van der Waals surface area contributed by atoms with Gasteiger partial charge in [-0.3, -0.25) is 9.69 Å². The fraction of sp³-hybridized carbons (Fsp3) is 0.640. The number of amides is 1. The van der Waals surface area contributed by atoms with Crippen molar-refractivity contribution in [3.05, 3.63) is 35.0 Å². The molecule has 11 nitrogen and oxygen atoms in total. The average molecular weight is 535 g/mol.